The average molecular weight is 639 g/mol. The number of nitrogens with two attached hydrogens (primary N) is 1. The van der Waals surface area contributed by atoms with E-state index in [1.54, 1.807) is 37.3 Å². The molecule has 2 saturated heterocycles. The standard InChI is InChI=1S/C33H34F4N6O3/c1-3-26-32(16-25(40-26)30(44)45)8-10-43(11-9-32)27-15-28(42-31(38)41-27)46-29(33(35,36)37)23-6-4-19(12-18(23)2)20-5-7-24-21(13-20)14-22(34)17-39-24/h4-7,12-15,17,25-26,29,40H,3,8-11,16H2,1-2H3,(H,44,45)(H2,38,41,42)/t25?,26?,29-/m1/s1. The number of ether oxygens (including phenoxy) is 1. The molecule has 2 fully saturated rings. The van der Waals surface area contributed by atoms with Crippen LogP contribution in [0.5, 0.6) is 5.88 Å². The minimum atomic E-state index is -4.78. The molecule has 4 aromatic rings. The van der Waals surface area contributed by atoms with E-state index in [0.717, 1.165) is 12.6 Å². The Hall–Kier alpha value is -4.52. The van der Waals surface area contributed by atoms with E-state index in [0.29, 0.717) is 65.8 Å². The molecule has 0 radical (unpaired) electrons. The molecule has 2 aliphatic heterocycles. The second kappa shape index (κ2) is 12.0. The summed E-state index contributed by atoms with van der Waals surface area (Å²) in [6.45, 7) is 4.66. The number of rotatable bonds is 7. The molecular weight excluding hydrogens is 604 g/mol. The molecule has 4 N–H and O–H groups in total. The van der Waals surface area contributed by atoms with E-state index < -0.39 is 30.1 Å². The number of aryl methyl sites for hydroxylation is 1. The number of pyridine rings is 1. The van der Waals surface area contributed by atoms with Gasteiger partial charge < -0.3 is 25.8 Å². The number of hydrogen-bond acceptors (Lipinski definition) is 8. The first kappa shape index (κ1) is 31.5. The number of fused-ring (bicyclic) bond motifs is 1. The average Bonchev–Trinajstić information content (AvgIpc) is 3.37. The Balaban J connectivity index is 1.23. The molecule has 0 bridgehead atoms. The van der Waals surface area contributed by atoms with E-state index in [1.165, 1.54) is 18.2 Å². The van der Waals surface area contributed by atoms with Gasteiger partial charge in [-0.15, -0.1) is 0 Å². The zero-order valence-corrected chi connectivity index (χ0v) is 25.3. The molecule has 46 heavy (non-hydrogen) atoms. The van der Waals surface area contributed by atoms with Gasteiger partial charge in [0, 0.05) is 36.1 Å². The monoisotopic (exact) mass is 638 g/mol. The van der Waals surface area contributed by atoms with Crippen LogP contribution >= 0.6 is 0 Å². The van der Waals surface area contributed by atoms with Crippen LogP contribution in [0.15, 0.2) is 54.7 Å². The third kappa shape index (κ3) is 6.15. The highest BCUT2D eigenvalue weighted by atomic mass is 19.4. The summed E-state index contributed by atoms with van der Waals surface area (Å²) >= 11 is 0. The topological polar surface area (TPSA) is 126 Å². The molecule has 4 heterocycles. The lowest BCUT2D eigenvalue weighted by atomic mass is 9.71. The Morgan fingerprint density at radius 1 is 1.13 bits per heavy atom. The lowest BCUT2D eigenvalue weighted by molar-refractivity contribution is -0.198. The normalized spacial score (nSPS) is 20.3. The summed E-state index contributed by atoms with van der Waals surface area (Å²) < 4.78 is 62.7. The molecule has 9 nitrogen and oxygen atoms in total. The number of aromatic nitrogens is 3. The minimum Gasteiger partial charge on any atom is -0.480 e. The number of carbonyl (C=O) groups is 1. The second-order valence-corrected chi connectivity index (χ2v) is 12.2. The fourth-order valence-corrected chi connectivity index (χ4v) is 6.98. The maximum absolute atomic E-state index is 14.5. The SMILES string of the molecule is CCC1NC(C(=O)O)CC12CCN(c1cc(O[C@H](c3ccc(-c4ccc5ncc(F)cc5c4)cc3C)C(F)(F)F)nc(N)n1)CC2. The third-order valence-corrected chi connectivity index (χ3v) is 9.32. The van der Waals surface area contributed by atoms with Gasteiger partial charge in [0.05, 0.1) is 11.7 Å². The zero-order valence-electron chi connectivity index (χ0n) is 25.3. The highest BCUT2D eigenvalue weighted by molar-refractivity contribution is 5.84. The van der Waals surface area contributed by atoms with E-state index in [2.05, 4.69) is 20.3 Å². The molecule has 242 valence electrons. The van der Waals surface area contributed by atoms with Gasteiger partial charge in [-0.3, -0.25) is 9.78 Å². The molecule has 13 heteroatoms. The maximum Gasteiger partial charge on any atom is 0.429 e. The predicted octanol–water partition coefficient (Wildman–Crippen LogP) is 6.22. The summed E-state index contributed by atoms with van der Waals surface area (Å²) in [4.78, 5) is 25.9. The number of aliphatic carboxylic acids is 1. The number of piperidine rings is 1. The van der Waals surface area contributed by atoms with Gasteiger partial charge in [-0.25, -0.2) is 4.39 Å². The number of benzene rings is 2. The van der Waals surface area contributed by atoms with E-state index in [-0.39, 0.29) is 28.8 Å². The molecule has 0 saturated carbocycles. The molecule has 6 rings (SSSR count). The van der Waals surface area contributed by atoms with Gasteiger partial charge in [-0.1, -0.05) is 31.2 Å². The molecule has 2 unspecified atom stereocenters. The molecular formula is C33H34F4N6O3. The Bertz CT molecular complexity index is 1780. The van der Waals surface area contributed by atoms with Gasteiger partial charge in [-0.05, 0) is 72.9 Å². The van der Waals surface area contributed by atoms with Crippen molar-refractivity contribution in [2.45, 2.75) is 63.9 Å². The van der Waals surface area contributed by atoms with Crippen LogP contribution in [0, 0.1) is 18.2 Å². The van der Waals surface area contributed by atoms with Crippen molar-refractivity contribution in [3.63, 3.8) is 0 Å². The number of alkyl halides is 3. The van der Waals surface area contributed by atoms with Crippen LogP contribution in [0.25, 0.3) is 22.0 Å². The molecule has 0 aliphatic carbocycles. The smallest absolute Gasteiger partial charge is 0.429 e. The van der Waals surface area contributed by atoms with Crippen molar-refractivity contribution in [3.05, 3.63) is 71.7 Å². The van der Waals surface area contributed by atoms with Crippen LogP contribution in [0.3, 0.4) is 0 Å². The second-order valence-electron chi connectivity index (χ2n) is 12.2. The highest BCUT2D eigenvalue weighted by Crippen LogP contribution is 2.46. The molecule has 0 amide bonds. The first-order chi connectivity index (χ1) is 21.8. The highest BCUT2D eigenvalue weighted by Gasteiger charge is 2.50. The molecule has 2 aromatic carbocycles. The Morgan fingerprint density at radius 3 is 2.52 bits per heavy atom. The molecule has 1 spiro atoms. The van der Waals surface area contributed by atoms with E-state index >= 15 is 0 Å². The summed E-state index contributed by atoms with van der Waals surface area (Å²) in [7, 11) is 0. The lowest BCUT2D eigenvalue weighted by Gasteiger charge is -2.43. The number of nitrogen functional groups attached to an aromatic ring is 1. The predicted molar refractivity (Wildman–Crippen MR) is 165 cm³/mol. The summed E-state index contributed by atoms with van der Waals surface area (Å²) in [6.07, 6.45) is -3.27. The van der Waals surface area contributed by atoms with Gasteiger partial charge in [0.25, 0.3) is 0 Å². The summed E-state index contributed by atoms with van der Waals surface area (Å²) in [5.41, 5.74) is 7.98. The number of halogens is 4. The lowest BCUT2D eigenvalue weighted by Crippen LogP contribution is -2.46. The Kier molecular flexibility index (Phi) is 8.21. The maximum atomic E-state index is 14.5. The fraction of sp³-hybridized carbons (Fsp3) is 0.394. The van der Waals surface area contributed by atoms with E-state index in [4.69, 9.17) is 10.5 Å². The number of nitrogens with zero attached hydrogens (tertiary/aromatic N) is 4. The van der Waals surface area contributed by atoms with Gasteiger partial charge in [0.1, 0.15) is 17.7 Å². The molecule has 2 aliphatic rings. The van der Waals surface area contributed by atoms with Crippen LogP contribution in [0.2, 0.25) is 0 Å². The number of carboxylic acid groups (broad SMARTS) is 1. The van der Waals surface area contributed by atoms with Crippen molar-refractivity contribution in [3.8, 4) is 17.0 Å². The summed E-state index contributed by atoms with van der Waals surface area (Å²) in [5.74, 6) is -1.53. The number of nitrogens with one attached hydrogen (secondary N) is 1. The number of carboxylic acids is 1. The van der Waals surface area contributed by atoms with Crippen molar-refractivity contribution in [1.29, 1.82) is 0 Å². The van der Waals surface area contributed by atoms with Crippen molar-refractivity contribution in [1.82, 2.24) is 20.3 Å². The molecule has 3 atom stereocenters. The zero-order chi connectivity index (χ0) is 32.8. The first-order valence-corrected chi connectivity index (χ1v) is 15.1. The van der Waals surface area contributed by atoms with Crippen molar-refractivity contribution in [2.75, 3.05) is 23.7 Å². The van der Waals surface area contributed by atoms with Gasteiger partial charge in [-0.2, -0.15) is 23.1 Å². The minimum absolute atomic E-state index is 0.0635. The van der Waals surface area contributed by atoms with Crippen LogP contribution in [-0.2, 0) is 4.79 Å². The summed E-state index contributed by atoms with van der Waals surface area (Å²) in [6, 6.07) is 12.0. The van der Waals surface area contributed by atoms with Gasteiger partial charge in [0.2, 0.25) is 17.9 Å². The Morgan fingerprint density at radius 2 is 1.85 bits per heavy atom. The van der Waals surface area contributed by atoms with Crippen molar-refractivity contribution in [2.24, 2.45) is 5.41 Å². The quantitative estimate of drug-likeness (QED) is 0.202. The first-order valence-electron chi connectivity index (χ1n) is 15.1. The Labute approximate surface area is 262 Å². The molecule has 2 aromatic heterocycles. The third-order valence-electron chi connectivity index (χ3n) is 9.32. The van der Waals surface area contributed by atoms with Crippen LogP contribution < -0.4 is 20.7 Å². The summed E-state index contributed by atoms with van der Waals surface area (Å²) in [5, 5.41) is 13.4. The van der Waals surface area contributed by atoms with Gasteiger partial charge >= 0.3 is 12.1 Å². The van der Waals surface area contributed by atoms with E-state index in [1.807, 2.05) is 11.8 Å². The number of anilines is 2. The van der Waals surface area contributed by atoms with Crippen molar-refractivity contribution >= 4 is 28.6 Å². The van der Waals surface area contributed by atoms with Crippen LogP contribution in [0.1, 0.15) is 49.8 Å². The van der Waals surface area contributed by atoms with E-state index in [9.17, 15) is 27.5 Å². The number of hydrogen-bond donors (Lipinski definition) is 3. The van der Waals surface area contributed by atoms with Crippen molar-refractivity contribution < 1.29 is 32.2 Å². The fourth-order valence-electron chi connectivity index (χ4n) is 6.98. The van der Waals surface area contributed by atoms with Crippen LogP contribution in [0.4, 0.5) is 29.3 Å². The van der Waals surface area contributed by atoms with Gasteiger partial charge in [0.15, 0.2) is 0 Å². The largest absolute Gasteiger partial charge is 0.480 e. The van der Waals surface area contributed by atoms with Crippen LogP contribution in [-0.4, -0.2) is 57.4 Å².